The van der Waals surface area contributed by atoms with Crippen molar-refractivity contribution >= 4 is 27.0 Å². The van der Waals surface area contributed by atoms with Crippen molar-refractivity contribution in [1.29, 1.82) is 0 Å². The van der Waals surface area contributed by atoms with Gasteiger partial charge in [0.05, 0.1) is 0 Å². The molecule has 0 atom stereocenters. The first kappa shape index (κ1) is 10.4. The van der Waals surface area contributed by atoms with E-state index < -0.39 is 0 Å². The fraction of sp³-hybridized carbons (Fsp3) is 0.300. The molecule has 1 aromatic carbocycles. The third kappa shape index (κ3) is 2.30. The monoisotopic (exact) mass is 266 g/mol. The van der Waals surface area contributed by atoms with Gasteiger partial charge in [-0.1, -0.05) is 6.07 Å². The zero-order valence-electron chi connectivity index (χ0n) is 8.37. The first-order chi connectivity index (χ1) is 7.31. The number of benzene rings is 1. The maximum absolute atomic E-state index is 4.45. The van der Waals surface area contributed by atoms with Gasteiger partial charge in [-0.15, -0.1) is 10.2 Å². The lowest BCUT2D eigenvalue weighted by molar-refractivity contribution is 0.743. The van der Waals surface area contributed by atoms with Crippen LogP contribution in [0.15, 0.2) is 22.7 Å². The number of hydrogen-bond donors (Lipinski definition) is 1. The zero-order valence-corrected chi connectivity index (χ0v) is 9.95. The van der Waals surface area contributed by atoms with E-state index in [2.05, 4.69) is 36.4 Å². The van der Waals surface area contributed by atoms with Crippen LogP contribution in [0.2, 0.25) is 0 Å². The third-order valence-electron chi connectivity index (χ3n) is 2.08. The number of fused-ring (bicyclic) bond motifs is 1. The Balaban J connectivity index is 2.41. The van der Waals surface area contributed by atoms with Crippen LogP contribution in [0.1, 0.15) is 5.82 Å². The van der Waals surface area contributed by atoms with Gasteiger partial charge < -0.3 is 5.32 Å². The molecule has 78 valence electrons. The van der Waals surface area contributed by atoms with Gasteiger partial charge in [0.25, 0.3) is 0 Å². The van der Waals surface area contributed by atoms with Crippen molar-refractivity contribution in [2.24, 2.45) is 0 Å². The molecule has 0 saturated carbocycles. The highest BCUT2D eigenvalue weighted by molar-refractivity contribution is 9.10. The van der Waals surface area contributed by atoms with E-state index in [1.807, 2.05) is 25.2 Å². The van der Waals surface area contributed by atoms with Crippen LogP contribution < -0.4 is 5.32 Å². The Morgan fingerprint density at radius 1 is 1.33 bits per heavy atom. The molecule has 1 N–H and O–H groups in total. The SMILES string of the molecule is CNCCc1nnc2cccc(Br)c2n1. The molecule has 0 amide bonds. The lowest BCUT2D eigenvalue weighted by Gasteiger charge is -2.01. The van der Waals surface area contributed by atoms with Crippen molar-refractivity contribution in [2.45, 2.75) is 6.42 Å². The summed E-state index contributed by atoms with van der Waals surface area (Å²) < 4.78 is 0.959. The highest BCUT2D eigenvalue weighted by atomic mass is 79.9. The van der Waals surface area contributed by atoms with Crippen molar-refractivity contribution < 1.29 is 0 Å². The van der Waals surface area contributed by atoms with Gasteiger partial charge in [0.15, 0.2) is 5.82 Å². The molecule has 0 aliphatic carbocycles. The Morgan fingerprint density at radius 2 is 2.20 bits per heavy atom. The van der Waals surface area contributed by atoms with E-state index in [1.54, 1.807) is 0 Å². The predicted octanol–water partition coefficient (Wildman–Crippen LogP) is 1.55. The molecule has 5 heteroatoms. The van der Waals surface area contributed by atoms with E-state index in [4.69, 9.17) is 0 Å². The first-order valence-electron chi connectivity index (χ1n) is 4.73. The molecule has 0 saturated heterocycles. The maximum Gasteiger partial charge on any atom is 0.152 e. The number of para-hydroxylation sites is 1. The van der Waals surface area contributed by atoms with Gasteiger partial charge in [0.1, 0.15) is 11.0 Å². The van der Waals surface area contributed by atoms with Crippen molar-refractivity contribution in [3.8, 4) is 0 Å². The second-order valence-electron chi connectivity index (χ2n) is 3.19. The second-order valence-corrected chi connectivity index (χ2v) is 4.04. The van der Waals surface area contributed by atoms with Crippen LogP contribution in [0.5, 0.6) is 0 Å². The van der Waals surface area contributed by atoms with Crippen LogP contribution in [0, 0.1) is 0 Å². The average Bonchev–Trinajstić information content (AvgIpc) is 2.27. The minimum atomic E-state index is 0.767. The Hall–Kier alpha value is -1.07. The molecule has 0 unspecified atom stereocenters. The van der Waals surface area contributed by atoms with Crippen LogP contribution >= 0.6 is 15.9 Å². The minimum Gasteiger partial charge on any atom is -0.319 e. The first-order valence-corrected chi connectivity index (χ1v) is 5.53. The molecule has 1 heterocycles. The number of hydrogen-bond acceptors (Lipinski definition) is 4. The number of rotatable bonds is 3. The highest BCUT2D eigenvalue weighted by Gasteiger charge is 2.03. The fourth-order valence-electron chi connectivity index (χ4n) is 1.30. The van der Waals surface area contributed by atoms with Gasteiger partial charge in [0, 0.05) is 17.4 Å². The number of nitrogens with zero attached hydrogens (tertiary/aromatic N) is 3. The maximum atomic E-state index is 4.45. The number of aromatic nitrogens is 3. The van der Waals surface area contributed by atoms with E-state index in [9.17, 15) is 0 Å². The van der Waals surface area contributed by atoms with Crippen LogP contribution in [0.25, 0.3) is 11.0 Å². The number of likely N-dealkylation sites (N-methyl/N-ethyl adjacent to an activating group) is 1. The lowest BCUT2D eigenvalue weighted by Crippen LogP contribution is -2.12. The average molecular weight is 267 g/mol. The zero-order chi connectivity index (χ0) is 10.7. The molecule has 0 bridgehead atoms. The van der Waals surface area contributed by atoms with Crippen molar-refractivity contribution in [1.82, 2.24) is 20.5 Å². The standard InChI is InChI=1S/C10H11BrN4/c1-12-6-5-9-13-10-7(11)3-2-4-8(10)14-15-9/h2-4,12H,5-6H2,1H3. The Bertz CT molecular complexity index is 472. The fourth-order valence-corrected chi connectivity index (χ4v) is 1.75. The summed E-state index contributed by atoms with van der Waals surface area (Å²) in [5.74, 6) is 0.767. The summed E-state index contributed by atoms with van der Waals surface area (Å²) in [5.41, 5.74) is 1.69. The van der Waals surface area contributed by atoms with Crippen molar-refractivity contribution in [3.05, 3.63) is 28.5 Å². The third-order valence-corrected chi connectivity index (χ3v) is 2.72. The molecule has 0 radical (unpaired) electrons. The quantitative estimate of drug-likeness (QED) is 0.916. The normalized spacial score (nSPS) is 10.8. The van der Waals surface area contributed by atoms with Gasteiger partial charge in [-0.3, -0.25) is 0 Å². The smallest absolute Gasteiger partial charge is 0.152 e. The summed E-state index contributed by atoms with van der Waals surface area (Å²) in [6, 6.07) is 5.79. The molecular formula is C10H11BrN4. The van der Waals surface area contributed by atoms with E-state index in [-0.39, 0.29) is 0 Å². The molecule has 0 aliphatic heterocycles. The van der Waals surface area contributed by atoms with E-state index in [0.29, 0.717) is 0 Å². The molecule has 0 spiro atoms. The highest BCUT2D eigenvalue weighted by Crippen LogP contribution is 2.19. The summed E-state index contributed by atoms with van der Waals surface area (Å²) in [6.07, 6.45) is 0.792. The largest absolute Gasteiger partial charge is 0.319 e. The summed E-state index contributed by atoms with van der Waals surface area (Å²) in [5, 5.41) is 11.2. The van der Waals surface area contributed by atoms with Gasteiger partial charge in [-0.05, 0) is 35.1 Å². The minimum absolute atomic E-state index is 0.767. The van der Waals surface area contributed by atoms with Crippen LogP contribution in [0.4, 0.5) is 0 Å². The van der Waals surface area contributed by atoms with E-state index in [1.165, 1.54) is 0 Å². The molecule has 0 aliphatic rings. The Morgan fingerprint density at radius 3 is 3.00 bits per heavy atom. The molecule has 2 rings (SSSR count). The number of nitrogens with one attached hydrogen (secondary N) is 1. The summed E-state index contributed by atoms with van der Waals surface area (Å²) in [6.45, 7) is 0.859. The van der Waals surface area contributed by atoms with Crippen molar-refractivity contribution in [3.63, 3.8) is 0 Å². The molecule has 0 fully saturated rings. The van der Waals surface area contributed by atoms with Gasteiger partial charge >= 0.3 is 0 Å². The predicted molar refractivity (Wildman–Crippen MR) is 62.7 cm³/mol. The molecule has 15 heavy (non-hydrogen) atoms. The summed E-state index contributed by atoms with van der Waals surface area (Å²) in [4.78, 5) is 4.45. The molecule has 2 aromatic rings. The van der Waals surface area contributed by atoms with Gasteiger partial charge in [-0.25, -0.2) is 4.98 Å². The van der Waals surface area contributed by atoms with Gasteiger partial charge in [-0.2, -0.15) is 0 Å². The Kier molecular flexibility index (Phi) is 3.23. The molecular weight excluding hydrogens is 256 g/mol. The summed E-state index contributed by atoms with van der Waals surface area (Å²) >= 11 is 3.45. The van der Waals surface area contributed by atoms with Crippen LogP contribution in [-0.4, -0.2) is 28.8 Å². The summed E-state index contributed by atoms with van der Waals surface area (Å²) in [7, 11) is 1.91. The van der Waals surface area contributed by atoms with Crippen molar-refractivity contribution in [2.75, 3.05) is 13.6 Å². The number of halogens is 1. The topological polar surface area (TPSA) is 50.7 Å². The van der Waals surface area contributed by atoms with Crippen LogP contribution in [-0.2, 0) is 6.42 Å². The van der Waals surface area contributed by atoms with Crippen LogP contribution in [0.3, 0.4) is 0 Å². The lowest BCUT2D eigenvalue weighted by atomic mass is 10.3. The molecule has 1 aromatic heterocycles. The molecule has 4 nitrogen and oxygen atoms in total. The second kappa shape index (κ2) is 4.63. The van der Waals surface area contributed by atoms with E-state index in [0.717, 1.165) is 34.3 Å². The van der Waals surface area contributed by atoms with Gasteiger partial charge in [0.2, 0.25) is 0 Å². The van der Waals surface area contributed by atoms with E-state index >= 15 is 0 Å². The Labute approximate surface area is 96.3 Å².